The summed E-state index contributed by atoms with van der Waals surface area (Å²) in [5.41, 5.74) is 10.5. The minimum Gasteiger partial charge on any atom is -0.481 e. The Bertz CT molecular complexity index is 624. The monoisotopic (exact) mass is 405 g/mol. The van der Waals surface area contributed by atoms with Crippen LogP contribution in [0, 0.1) is 0 Å². The molecule has 0 fully saturated rings. The lowest BCUT2D eigenvalue weighted by atomic mass is 10.1. The molecular formula is C14H23N5O9. The van der Waals surface area contributed by atoms with Crippen LogP contribution in [0.5, 0.6) is 0 Å². The number of carboxylic acid groups (broad SMARTS) is 2. The summed E-state index contributed by atoms with van der Waals surface area (Å²) in [6.07, 6.45) is -1.28. The van der Waals surface area contributed by atoms with Crippen molar-refractivity contribution in [3.63, 3.8) is 0 Å². The molecule has 0 aromatic rings. The zero-order valence-corrected chi connectivity index (χ0v) is 14.7. The maximum absolute atomic E-state index is 12.2. The zero-order valence-electron chi connectivity index (χ0n) is 14.7. The Balaban J connectivity index is 4.96. The van der Waals surface area contributed by atoms with Crippen LogP contribution in [-0.4, -0.2) is 82.2 Å². The molecule has 0 radical (unpaired) electrons. The van der Waals surface area contributed by atoms with E-state index in [1.54, 1.807) is 0 Å². The maximum Gasteiger partial charge on any atom is 0.322 e. The Labute approximate surface area is 158 Å². The van der Waals surface area contributed by atoms with Crippen molar-refractivity contribution in [3.05, 3.63) is 0 Å². The van der Waals surface area contributed by atoms with Gasteiger partial charge in [-0.25, -0.2) is 0 Å². The van der Waals surface area contributed by atoms with E-state index in [0.29, 0.717) is 0 Å². The highest BCUT2D eigenvalue weighted by atomic mass is 16.4. The van der Waals surface area contributed by atoms with Crippen molar-refractivity contribution < 1.29 is 44.1 Å². The number of rotatable bonds is 13. The van der Waals surface area contributed by atoms with Crippen LogP contribution in [0.15, 0.2) is 0 Å². The van der Waals surface area contributed by atoms with E-state index in [1.807, 2.05) is 5.32 Å². The van der Waals surface area contributed by atoms with Crippen molar-refractivity contribution in [1.29, 1.82) is 0 Å². The van der Waals surface area contributed by atoms with Gasteiger partial charge < -0.3 is 42.7 Å². The van der Waals surface area contributed by atoms with Gasteiger partial charge in [-0.1, -0.05) is 0 Å². The summed E-state index contributed by atoms with van der Waals surface area (Å²) in [6, 6.07) is -4.37. The summed E-state index contributed by atoms with van der Waals surface area (Å²) in [7, 11) is 0. The van der Waals surface area contributed by atoms with Crippen molar-refractivity contribution in [2.45, 2.75) is 37.4 Å². The van der Waals surface area contributed by atoms with Gasteiger partial charge in [0.1, 0.15) is 18.6 Å². The number of hydrogen-bond donors (Lipinski definition) is 8. The van der Waals surface area contributed by atoms with Crippen LogP contribution in [0.2, 0.25) is 0 Å². The zero-order chi connectivity index (χ0) is 21.9. The summed E-state index contributed by atoms with van der Waals surface area (Å²) in [6.45, 7) is -1.67. The molecule has 0 spiro atoms. The smallest absolute Gasteiger partial charge is 0.322 e. The predicted molar refractivity (Wildman–Crippen MR) is 90.2 cm³/mol. The van der Waals surface area contributed by atoms with Crippen molar-refractivity contribution in [1.82, 2.24) is 16.0 Å². The molecule has 4 amide bonds. The number of carbonyl (C=O) groups is 6. The number of nitrogens with two attached hydrogens (primary N) is 2. The fourth-order valence-electron chi connectivity index (χ4n) is 1.85. The SMILES string of the molecule is NC(=O)CC(NC(=O)C(CO)NC(=O)C(N)CCC(=O)O)C(=O)NCC(=O)O. The molecule has 0 aliphatic carbocycles. The Morgan fingerprint density at radius 1 is 0.857 bits per heavy atom. The van der Waals surface area contributed by atoms with Crippen LogP contribution in [0.1, 0.15) is 19.3 Å². The van der Waals surface area contributed by atoms with E-state index in [1.165, 1.54) is 0 Å². The first-order chi connectivity index (χ1) is 13.0. The van der Waals surface area contributed by atoms with E-state index in [4.69, 9.17) is 21.7 Å². The second-order valence-corrected chi connectivity index (χ2v) is 5.63. The molecule has 10 N–H and O–H groups in total. The van der Waals surface area contributed by atoms with E-state index in [9.17, 15) is 33.9 Å². The van der Waals surface area contributed by atoms with Crippen molar-refractivity contribution in [2.24, 2.45) is 11.5 Å². The number of primary amides is 1. The van der Waals surface area contributed by atoms with E-state index in [-0.39, 0.29) is 6.42 Å². The first-order valence-electron chi connectivity index (χ1n) is 7.94. The van der Waals surface area contributed by atoms with E-state index in [2.05, 4.69) is 10.6 Å². The number of amides is 4. The molecule has 0 aromatic heterocycles. The fourth-order valence-corrected chi connectivity index (χ4v) is 1.85. The molecule has 0 rings (SSSR count). The highest BCUT2D eigenvalue weighted by Gasteiger charge is 2.29. The lowest BCUT2D eigenvalue weighted by Gasteiger charge is -2.22. The molecule has 0 aromatic carbocycles. The van der Waals surface area contributed by atoms with Crippen LogP contribution in [0.4, 0.5) is 0 Å². The fraction of sp³-hybridized carbons (Fsp3) is 0.571. The van der Waals surface area contributed by atoms with Gasteiger partial charge in [0.05, 0.1) is 19.1 Å². The van der Waals surface area contributed by atoms with Crippen molar-refractivity contribution in [3.8, 4) is 0 Å². The van der Waals surface area contributed by atoms with Gasteiger partial charge in [-0.2, -0.15) is 0 Å². The average molecular weight is 405 g/mol. The predicted octanol–water partition coefficient (Wildman–Crippen LogP) is -4.78. The van der Waals surface area contributed by atoms with E-state index < -0.39 is 79.7 Å². The molecule has 0 aliphatic rings. The maximum atomic E-state index is 12.2. The molecule has 3 unspecified atom stereocenters. The molecule has 0 aliphatic heterocycles. The van der Waals surface area contributed by atoms with Gasteiger partial charge in [0, 0.05) is 6.42 Å². The third-order valence-corrected chi connectivity index (χ3v) is 3.27. The van der Waals surface area contributed by atoms with Crippen LogP contribution >= 0.6 is 0 Å². The van der Waals surface area contributed by atoms with Gasteiger partial charge >= 0.3 is 11.9 Å². The minimum atomic E-state index is -1.56. The summed E-state index contributed by atoms with van der Waals surface area (Å²) in [4.78, 5) is 67.9. The van der Waals surface area contributed by atoms with Crippen LogP contribution in [0.3, 0.4) is 0 Å². The molecule has 3 atom stereocenters. The number of aliphatic hydroxyl groups excluding tert-OH is 1. The average Bonchev–Trinajstić information content (AvgIpc) is 2.60. The second kappa shape index (κ2) is 12.2. The Kier molecular flexibility index (Phi) is 10.8. The Hall–Kier alpha value is -3.26. The topological polar surface area (TPSA) is 251 Å². The van der Waals surface area contributed by atoms with Gasteiger partial charge in [-0.3, -0.25) is 28.8 Å². The van der Waals surface area contributed by atoms with Crippen LogP contribution in [-0.2, 0) is 28.8 Å². The third-order valence-electron chi connectivity index (χ3n) is 3.27. The van der Waals surface area contributed by atoms with Crippen LogP contribution in [0.25, 0.3) is 0 Å². The number of aliphatic hydroxyl groups is 1. The van der Waals surface area contributed by atoms with E-state index in [0.717, 1.165) is 0 Å². The molecular weight excluding hydrogens is 382 g/mol. The van der Waals surface area contributed by atoms with Crippen LogP contribution < -0.4 is 27.4 Å². The summed E-state index contributed by atoms with van der Waals surface area (Å²) in [5.74, 6) is -6.53. The number of carboxylic acids is 2. The molecule has 0 saturated carbocycles. The molecule has 0 bridgehead atoms. The summed E-state index contributed by atoms with van der Waals surface area (Å²) >= 11 is 0. The van der Waals surface area contributed by atoms with Crippen molar-refractivity contribution in [2.75, 3.05) is 13.2 Å². The third kappa shape index (κ3) is 10.0. The highest BCUT2D eigenvalue weighted by Crippen LogP contribution is 1.98. The number of aliphatic carboxylic acids is 2. The summed E-state index contributed by atoms with van der Waals surface area (Å²) < 4.78 is 0. The standard InChI is InChI=1S/C14H23N5O9/c15-6(1-2-10(22)23)12(26)19-8(5-20)14(28)18-7(3-9(16)21)13(27)17-4-11(24)25/h6-8,20H,1-5,15H2,(H2,16,21)(H,17,27)(H,18,28)(H,19,26)(H,22,23)(H,24,25). The molecule has 14 heteroatoms. The van der Waals surface area contributed by atoms with Crippen molar-refractivity contribution >= 4 is 35.6 Å². The van der Waals surface area contributed by atoms with Gasteiger partial charge in [0.2, 0.25) is 23.6 Å². The highest BCUT2D eigenvalue weighted by molar-refractivity contribution is 5.95. The first-order valence-corrected chi connectivity index (χ1v) is 7.94. The normalized spacial score (nSPS) is 13.5. The van der Waals surface area contributed by atoms with Gasteiger partial charge in [0.15, 0.2) is 0 Å². The van der Waals surface area contributed by atoms with E-state index >= 15 is 0 Å². The quantitative estimate of drug-likeness (QED) is 0.145. The molecule has 0 heterocycles. The van der Waals surface area contributed by atoms with Gasteiger partial charge in [0.25, 0.3) is 0 Å². The minimum absolute atomic E-state index is 0.219. The first kappa shape index (κ1) is 24.7. The molecule has 28 heavy (non-hydrogen) atoms. The number of carbonyl (C=O) groups excluding carboxylic acids is 4. The largest absolute Gasteiger partial charge is 0.481 e. The van der Waals surface area contributed by atoms with Gasteiger partial charge in [-0.05, 0) is 6.42 Å². The van der Waals surface area contributed by atoms with Gasteiger partial charge in [-0.15, -0.1) is 0 Å². The number of hydrogen-bond acceptors (Lipinski definition) is 8. The second-order valence-electron chi connectivity index (χ2n) is 5.63. The summed E-state index contributed by atoms with van der Waals surface area (Å²) in [5, 5.41) is 32.5. The molecule has 14 nitrogen and oxygen atoms in total. The molecule has 0 saturated heterocycles. The lowest BCUT2D eigenvalue weighted by molar-refractivity contribution is -0.139. The Morgan fingerprint density at radius 2 is 1.43 bits per heavy atom. The lowest BCUT2D eigenvalue weighted by Crippen LogP contribution is -2.57. The molecule has 158 valence electrons. The Morgan fingerprint density at radius 3 is 1.89 bits per heavy atom. The number of nitrogens with one attached hydrogen (secondary N) is 3.